The summed E-state index contributed by atoms with van der Waals surface area (Å²) >= 11 is 7.46. The van der Waals surface area contributed by atoms with Crippen molar-refractivity contribution < 1.29 is 23.9 Å². The number of esters is 1. The molecule has 3 aromatic rings. The van der Waals surface area contributed by atoms with Crippen molar-refractivity contribution in [1.29, 1.82) is 0 Å². The molecule has 0 unspecified atom stereocenters. The SMILES string of the molecule is CCOC(=O)c1c(NC(=O)C(=O)N/N=C(\C)c2ccc(OCc3ccccc3Cl)cc2)sc2c1CCC2. The third-order valence-electron chi connectivity index (χ3n) is 5.78. The van der Waals surface area contributed by atoms with Crippen LogP contribution >= 0.6 is 22.9 Å². The van der Waals surface area contributed by atoms with E-state index in [1.54, 1.807) is 38.1 Å². The van der Waals surface area contributed by atoms with Crippen molar-refractivity contribution in [1.82, 2.24) is 5.43 Å². The number of halogens is 1. The summed E-state index contributed by atoms with van der Waals surface area (Å²) in [6.07, 6.45) is 2.53. The summed E-state index contributed by atoms with van der Waals surface area (Å²) in [6, 6.07) is 14.6. The number of fused-ring (bicyclic) bond motifs is 1. The molecule has 8 nitrogen and oxygen atoms in total. The summed E-state index contributed by atoms with van der Waals surface area (Å²) in [4.78, 5) is 38.4. The first-order valence-corrected chi connectivity index (χ1v) is 13.0. The summed E-state index contributed by atoms with van der Waals surface area (Å²) in [5.74, 6) is -1.70. The van der Waals surface area contributed by atoms with Crippen molar-refractivity contribution in [3.8, 4) is 5.75 Å². The predicted octanol–water partition coefficient (Wildman–Crippen LogP) is 5.12. The minimum absolute atomic E-state index is 0.222. The summed E-state index contributed by atoms with van der Waals surface area (Å²) in [7, 11) is 0. The number of thiophene rings is 1. The van der Waals surface area contributed by atoms with Crippen molar-refractivity contribution in [3.05, 3.63) is 80.7 Å². The maximum absolute atomic E-state index is 12.5. The van der Waals surface area contributed by atoms with Crippen molar-refractivity contribution in [3.63, 3.8) is 0 Å². The van der Waals surface area contributed by atoms with E-state index in [2.05, 4.69) is 15.8 Å². The van der Waals surface area contributed by atoms with Crippen molar-refractivity contribution in [2.24, 2.45) is 5.10 Å². The Morgan fingerprint density at radius 1 is 1.05 bits per heavy atom. The van der Waals surface area contributed by atoms with Crippen LogP contribution in [0.25, 0.3) is 0 Å². The van der Waals surface area contributed by atoms with Crippen LogP contribution in [-0.4, -0.2) is 30.1 Å². The van der Waals surface area contributed by atoms with Gasteiger partial charge >= 0.3 is 17.8 Å². The average Bonchev–Trinajstić information content (AvgIpc) is 3.48. The molecule has 192 valence electrons. The molecule has 0 spiro atoms. The van der Waals surface area contributed by atoms with Gasteiger partial charge in [0.15, 0.2) is 0 Å². The summed E-state index contributed by atoms with van der Waals surface area (Å²) in [6.45, 7) is 3.99. The zero-order valence-electron chi connectivity index (χ0n) is 20.4. The predicted molar refractivity (Wildman–Crippen MR) is 144 cm³/mol. The smallest absolute Gasteiger partial charge is 0.341 e. The van der Waals surface area contributed by atoms with Crippen LogP contribution < -0.4 is 15.5 Å². The van der Waals surface area contributed by atoms with Crippen LogP contribution in [0, 0.1) is 0 Å². The Kier molecular flexibility index (Phi) is 8.58. The molecule has 1 aliphatic rings. The van der Waals surface area contributed by atoms with E-state index in [-0.39, 0.29) is 6.61 Å². The number of amides is 2. The Balaban J connectivity index is 1.35. The molecule has 37 heavy (non-hydrogen) atoms. The number of aryl methyl sites for hydroxylation is 1. The fourth-order valence-electron chi connectivity index (χ4n) is 3.89. The second-order valence-electron chi connectivity index (χ2n) is 8.28. The van der Waals surface area contributed by atoms with Gasteiger partial charge in [-0.3, -0.25) is 9.59 Å². The molecule has 2 N–H and O–H groups in total. The van der Waals surface area contributed by atoms with Gasteiger partial charge in [0.2, 0.25) is 0 Å². The first kappa shape index (κ1) is 26.4. The Labute approximate surface area is 223 Å². The van der Waals surface area contributed by atoms with E-state index in [1.807, 2.05) is 24.3 Å². The number of rotatable bonds is 8. The van der Waals surface area contributed by atoms with Gasteiger partial charge < -0.3 is 14.8 Å². The maximum Gasteiger partial charge on any atom is 0.341 e. The van der Waals surface area contributed by atoms with E-state index in [9.17, 15) is 14.4 Å². The molecule has 4 rings (SSSR count). The highest BCUT2D eigenvalue weighted by atomic mass is 35.5. The lowest BCUT2D eigenvalue weighted by Gasteiger charge is -2.09. The first-order valence-electron chi connectivity index (χ1n) is 11.8. The summed E-state index contributed by atoms with van der Waals surface area (Å²) in [5.41, 5.74) is 5.64. The van der Waals surface area contributed by atoms with E-state index >= 15 is 0 Å². The van der Waals surface area contributed by atoms with Crippen LogP contribution in [0.5, 0.6) is 5.75 Å². The summed E-state index contributed by atoms with van der Waals surface area (Å²) < 4.78 is 10.9. The van der Waals surface area contributed by atoms with Gasteiger partial charge in [0.1, 0.15) is 17.4 Å². The number of benzene rings is 2. The Hall–Kier alpha value is -3.69. The van der Waals surface area contributed by atoms with Crippen LogP contribution in [0.15, 0.2) is 53.6 Å². The molecular formula is C27H26ClN3O5S. The number of hydrogen-bond acceptors (Lipinski definition) is 7. The monoisotopic (exact) mass is 539 g/mol. The lowest BCUT2D eigenvalue weighted by molar-refractivity contribution is -0.136. The third-order valence-corrected chi connectivity index (χ3v) is 7.36. The van der Waals surface area contributed by atoms with Gasteiger partial charge in [0.05, 0.1) is 17.9 Å². The molecule has 10 heteroatoms. The number of anilines is 1. The van der Waals surface area contributed by atoms with Gasteiger partial charge in [0.25, 0.3) is 0 Å². The molecule has 0 radical (unpaired) electrons. The number of nitrogens with zero attached hydrogens (tertiary/aromatic N) is 1. The van der Waals surface area contributed by atoms with Crippen LogP contribution in [0.4, 0.5) is 5.00 Å². The quantitative estimate of drug-likeness (QED) is 0.179. The van der Waals surface area contributed by atoms with Crippen molar-refractivity contribution in [2.45, 2.75) is 39.7 Å². The topological polar surface area (TPSA) is 106 Å². The highest BCUT2D eigenvalue weighted by Gasteiger charge is 2.29. The molecular weight excluding hydrogens is 514 g/mol. The lowest BCUT2D eigenvalue weighted by Crippen LogP contribution is -2.33. The molecule has 0 bridgehead atoms. The standard InChI is InChI=1S/C27H26ClN3O5S/c1-3-35-27(34)23-20-8-6-10-22(20)37-26(23)29-24(32)25(33)31-30-16(2)17-11-13-19(14-12-17)36-15-18-7-4-5-9-21(18)28/h4-5,7,9,11-14H,3,6,8,10,15H2,1-2H3,(H,29,32)(H,31,33)/b30-16+. The fourth-order valence-corrected chi connectivity index (χ4v) is 5.35. The fraction of sp³-hybridized carbons (Fsp3) is 0.259. The van der Waals surface area contributed by atoms with Crippen LogP contribution in [0.3, 0.4) is 0 Å². The Morgan fingerprint density at radius 2 is 1.81 bits per heavy atom. The zero-order chi connectivity index (χ0) is 26.4. The molecule has 0 atom stereocenters. The third kappa shape index (κ3) is 6.36. The second kappa shape index (κ2) is 12.0. The number of hydrogen-bond donors (Lipinski definition) is 2. The average molecular weight is 540 g/mol. The molecule has 2 aromatic carbocycles. The van der Waals surface area contributed by atoms with Crippen LogP contribution in [0.1, 0.15) is 52.2 Å². The van der Waals surface area contributed by atoms with Gasteiger partial charge in [-0.05, 0) is 74.6 Å². The van der Waals surface area contributed by atoms with E-state index < -0.39 is 17.8 Å². The first-order chi connectivity index (χ1) is 17.9. The largest absolute Gasteiger partial charge is 0.489 e. The van der Waals surface area contributed by atoms with Gasteiger partial charge in [-0.15, -0.1) is 11.3 Å². The highest BCUT2D eigenvalue weighted by molar-refractivity contribution is 7.17. The van der Waals surface area contributed by atoms with Crippen LogP contribution in [-0.2, 0) is 33.8 Å². The molecule has 0 saturated carbocycles. The molecule has 0 aliphatic heterocycles. The highest BCUT2D eigenvalue weighted by Crippen LogP contribution is 2.39. The van der Waals surface area contributed by atoms with Gasteiger partial charge in [0, 0.05) is 15.5 Å². The molecule has 2 amide bonds. The van der Waals surface area contributed by atoms with E-state index in [0.29, 0.717) is 33.7 Å². The van der Waals surface area contributed by atoms with Crippen LogP contribution in [0.2, 0.25) is 5.02 Å². The van der Waals surface area contributed by atoms with E-state index in [4.69, 9.17) is 21.1 Å². The number of ether oxygens (including phenoxy) is 2. The number of hydrazone groups is 1. The maximum atomic E-state index is 12.5. The molecule has 1 aromatic heterocycles. The minimum Gasteiger partial charge on any atom is -0.489 e. The van der Waals surface area contributed by atoms with E-state index in [1.165, 1.54) is 11.3 Å². The normalized spacial score (nSPS) is 12.6. The second-order valence-corrected chi connectivity index (χ2v) is 9.79. The molecule has 0 fully saturated rings. The Bertz CT molecular complexity index is 1350. The number of carbonyl (C=O) groups excluding carboxylic acids is 3. The van der Waals surface area contributed by atoms with Gasteiger partial charge in [-0.2, -0.15) is 5.10 Å². The van der Waals surface area contributed by atoms with Crippen molar-refractivity contribution >= 4 is 51.4 Å². The summed E-state index contributed by atoms with van der Waals surface area (Å²) in [5, 5.41) is 7.56. The molecule has 0 saturated heterocycles. The molecule has 1 heterocycles. The minimum atomic E-state index is -0.942. The van der Waals surface area contributed by atoms with Crippen molar-refractivity contribution in [2.75, 3.05) is 11.9 Å². The van der Waals surface area contributed by atoms with Gasteiger partial charge in [-0.1, -0.05) is 29.8 Å². The number of nitrogens with one attached hydrogen (secondary N) is 2. The van der Waals surface area contributed by atoms with E-state index in [0.717, 1.165) is 40.8 Å². The number of carbonyl (C=O) groups is 3. The molecule has 1 aliphatic carbocycles. The Morgan fingerprint density at radius 3 is 2.54 bits per heavy atom. The zero-order valence-corrected chi connectivity index (χ0v) is 22.0. The lowest BCUT2D eigenvalue weighted by atomic mass is 10.1. The van der Waals surface area contributed by atoms with Gasteiger partial charge in [-0.25, -0.2) is 10.2 Å².